The zero-order chi connectivity index (χ0) is 55.7. The Morgan fingerprint density at radius 1 is 0.273 bits per heavy atom. The predicted molar refractivity (Wildman–Crippen MR) is 334 cm³/mol. The largest absolute Gasteiger partial charge is 0.462 e. The zero-order valence-corrected chi connectivity index (χ0v) is 51.0. The normalized spacial score (nSPS) is 12.6. The molecule has 0 spiro atoms. The first kappa shape index (κ1) is 73.6. The second-order valence-corrected chi connectivity index (χ2v) is 22.0. The molecule has 0 aromatic carbocycles. The third-order valence-corrected chi connectivity index (χ3v) is 14.4. The molecule has 0 saturated heterocycles. The molecule has 6 heteroatoms. The van der Waals surface area contributed by atoms with Crippen molar-refractivity contribution in [3.05, 3.63) is 85.1 Å². The molecule has 0 aliphatic heterocycles. The van der Waals surface area contributed by atoms with Crippen molar-refractivity contribution in [2.45, 2.75) is 335 Å². The molecule has 0 radical (unpaired) electrons. The van der Waals surface area contributed by atoms with Gasteiger partial charge in [0.2, 0.25) is 0 Å². The lowest BCUT2D eigenvalue weighted by Crippen LogP contribution is -2.30. The number of allylic oxidation sites excluding steroid dienone is 14. The summed E-state index contributed by atoms with van der Waals surface area (Å²) >= 11 is 0. The van der Waals surface area contributed by atoms with E-state index >= 15 is 0 Å². The number of unbranched alkanes of at least 4 members (excludes halogenated alkanes) is 35. The Morgan fingerprint density at radius 3 is 0.831 bits per heavy atom. The Hall–Kier alpha value is -3.41. The van der Waals surface area contributed by atoms with Crippen LogP contribution in [0.4, 0.5) is 0 Å². The first-order chi connectivity index (χ1) is 38.0. The van der Waals surface area contributed by atoms with Crippen molar-refractivity contribution in [1.82, 2.24) is 0 Å². The molecule has 0 aromatic rings. The summed E-state index contributed by atoms with van der Waals surface area (Å²) in [5.41, 5.74) is 0. The van der Waals surface area contributed by atoms with E-state index in [1.54, 1.807) is 0 Å². The number of esters is 3. The van der Waals surface area contributed by atoms with Crippen molar-refractivity contribution >= 4 is 17.9 Å². The molecular weight excluding hydrogens is 949 g/mol. The SMILES string of the molecule is CC/C=C\C/C=C\C/C=C\C/C=C\C/C=C\CCCCCCCCCCCCCCCCCCCCCC(=O)OCC(COC(=O)CCCCCCCCCCCC)OC(=O)CCCCCCC/C=C\C/C=C\CCCC. The molecule has 0 aliphatic carbocycles. The zero-order valence-electron chi connectivity index (χ0n) is 51.0. The Bertz CT molecular complexity index is 1470. The Labute approximate surface area is 477 Å². The van der Waals surface area contributed by atoms with Gasteiger partial charge in [-0.3, -0.25) is 14.4 Å². The fourth-order valence-corrected chi connectivity index (χ4v) is 9.43. The third-order valence-electron chi connectivity index (χ3n) is 14.4. The molecule has 0 bridgehead atoms. The lowest BCUT2D eigenvalue weighted by Gasteiger charge is -2.18. The molecule has 77 heavy (non-hydrogen) atoms. The maximum Gasteiger partial charge on any atom is 0.306 e. The van der Waals surface area contributed by atoms with Gasteiger partial charge in [0.25, 0.3) is 0 Å². The van der Waals surface area contributed by atoms with Crippen LogP contribution < -0.4 is 0 Å². The Balaban J connectivity index is 4.04. The van der Waals surface area contributed by atoms with Gasteiger partial charge in [-0.05, 0) is 89.9 Å². The third kappa shape index (κ3) is 63.3. The van der Waals surface area contributed by atoms with E-state index in [0.717, 1.165) is 116 Å². The van der Waals surface area contributed by atoms with Gasteiger partial charge in [0.1, 0.15) is 13.2 Å². The van der Waals surface area contributed by atoms with Gasteiger partial charge in [0.05, 0.1) is 0 Å². The molecule has 6 nitrogen and oxygen atoms in total. The summed E-state index contributed by atoms with van der Waals surface area (Å²) < 4.78 is 16.9. The van der Waals surface area contributed by atoms with E-state index in [2.05, 4.69) is 106 Å². The second-order valence-electron chi connectivity index (χ2n) is 22.0. The summed E-state index contributed by atoms with van der Waals surface area (Å²) in [7, 11) is 0. The number of carbonyl (C=O) groups excluding carboxylic acids is 3. The fraction of sp³-hybridized carbons (Fsp3) is 0.761. The van der Waals surface area contributed by atoms with Crippen molar-refractivity contribution in [2.75, 3.05) is 13.2 Å². The van der Waals surface area contributed by atoms with Gasteiger partial charge < -0.3 is 14.2 Å². The molecule has 0 N–H and O–H groups in total. The monoisotopic (exact) mass is 1070 g/mol. The van der Waals surface area contributed by atoms with Crippen LogP contribution in [0.15, 0.2) is 85.1 Å². The summed E-state index contributed by atoms with van der Waals surface area (Å²) in [5.74, 6) is -0.878. The minimum absolute atomic E-state index is 0.0767. The van der Waals surface area contributed by atoms with Crippen LogP contribution in [0.1, 0.15) is 329 Å². The summed E-state index contributed by atoms with van der Waals surface area (Å²) in [6.07, 6.45) is 86.2. The van der Waals surface area contributed by atoms with Gasteiger partial charge in [0.15, 0.2) is 6.10 Å². The Kier molecular flexibility index (Phi) is 62.2. The average Bonchev–Trinajstić information content (AvgIpc) is 3.43. The van der Waals surface area contributed by atoms with Crippen LogP contribution in [-0.2, 0) is 28.6 Å². The van der Waals surface area contributed by atoms with E-state index in [1.165, 1.54) is 173 Å². The van der Waals surface area contributed by atoms with Gasteiger partial charge in [-0.25, -0.2) is 0 Å². The summed E-state index contributed by atoms with van der Waals surface area (Å²) in [6.45, 7) is 6.49. The van der Waals surface area contributed by atoms with E-state index < -0.39 is 6.10 Å². The molecule has 0 rings (SSSR count). The first-order valence-corrected chi connectivity index (χ1v) is 33.1. The van der Waals surface area contributed by atoms with Crippen molar-refractivity contribution in [3.63, 3.8) is 0 Å². The standard InChI is InChI=1S/C71H124O6/c1-4-7-10-13-16-19-22-24-26-27-28-29-30-31-32-33-34-35-36-37-38-39-40-41-42-43-44-45-46-48-49-52-55-58-61-64-70(73)76-67-68(66-75-69(72)63-60-57-54-51-21-18-15-12-9-6-3)77-71(74)65-62-59-56-53-50-47-25-23-20-17-14-11-8-5-2/h7,10,14,16-17,19,23-26,28-29,31-32,68H,4-6,8-9,11-13,15,18,20-22,27,30,33-67H2,1-3H3/b10-7-,17-14-,19-16-,25-23-,26-24-,29-28-,32-31-. The number of ether oxygens (including phenoxy) is 3. The average molecular weight is 1070 g/mol. The molecule has 0 amide bonds. The molecule has 0 saturated carbocycles. The lowest BCUT2D eigenvalue weighted by atomic mass is 10.0. The van der Waals surface area contributed by atoms with E-state index in [-0.39, 0.29) is 31.1 Å². The van der Waals surface area contributed by atoms with E-state index in [9.17, 15) is 14.4 Å². The topological polar surface area (TPSA) is 78.9 Å². The van der Waals surface area contributed by atoms with Crippen molar-refractivity contribution in [2.24, 2.45) is 0 Å². The van der Waals surface area contributed by atoms with Gasteiger partial charge in [-0.2, -0.15) is 0 Å². The lowest BCUT2D eigenvalue weighted by molar-refractivity contribution is -0.167. The minimum Gasteiger partial charge on any atom is -0.462 e. The highest BCUT2D eigenvalue weighted by atomic mass is 16.6. The molecule has 0 aliphatic rings. The maximum absolute atomic E-state index is 12.8. The quantitative estimate of drug-likeness (QED) is 0.0261. The van der Waals surface area contributed by atoms with Crippen LogP contribution in [0.2, 0.25) is 0 Å². The van der Waals surface area contributed by atoms with Crippen LogP contribution in [0.5, 0.6) is 0 Å². The highest BCUT2D eigenvalue weighted by molar-refractivity contribution is 5.71. The van der Waals surface area contributed by atoms with E-state index in [1.807, 2.05) is 0 Å². The van der Waals surface area contributed by atoms with Crippen molar-refractivity contribution < 1.29 is 28.6 Å². The van der Waals surface area contributed by atoms with Gasteiger partial charge in [-0.1, -0.05) is 305 Å². The maximum atomic E-state index is 12.8. The van der Waals surface area contributed by atoms with Crippen LogP contribution in [-0.4, -0.2) is 37.2 Å². The predicted octanol–water partition coefficient (Wildman–Crippen LogP) is 22.7. The molecule has 0 aromatic heterocycles. The number of rotatable bonds is 60. The molecule has 1 atom stereocenters. The summed E-state index contributed by atoms with van der Waals surface area (Å²) in [6, 6.07) is 0. The highest BCUT2D eigenvalue weighted by Gasteiger charge is 2.19. The molecule has 0 heterocycles. The van der Waals surface area contributed by atoms with Crippen molar-refractivity contribution in [3.8, 4) is 0 Å². The van der Waals surface area contributed by atoms with Crippen LogP contribution in [0.3, 0.4) is 0 Å². The second kappa shape index (κ2) is 65.1. The number of carbonyl (C=O) groups is 3. The van der Waals surface area contributed by atoms with Crippen LogP contribution >= 0.6 is 0 Å². The molecule has 1 unspecified atom stereocenters. The van der Waals surface area contributed by atoms with Gasteiger partial charge >= 0.3 is 17.9 Å². The molecule has 0 fully saturated rings. The molecule has 444 valence electrons. The van der Waals surface area contributed by atoms with Crippen LogP contribution in [0.25, 0.3) is 0 Å². The Morgan fingerprint density at radius 2 is 0.519 bits per heavy atom. The summed E-state index contributed by atoms with van der Waals surface area (Å²) in [5, 5.41) is 0. The minimum atomic E-state index is -0.779. The van der Waals surface area contributed by atoms with Crippen LogP contribution in [0, 0.1) is 0 Å². The highest BCUT2D eigenvalue weighted by Crippen LogP contribution is 2.17. The number of hydrogen-bond acceptors (Lipinski definition) is 6. The van der Waals surface area contributed by atoms with E-state index in [4.69, 9.17) is 14.2 Å². The van der Waals surface area contributed by atoms with Gasteiger partial charge in [0, 0.05) is 19.3 Å². The first-order valence-electron chi connectivity index (χ1n) is 33.1. The van der Waals surface area contributed by atoms with Crippen molar-refractivity contribution in [1.29, 1.82) is 0 Å². The van der Waals surface area contributed by atoms with E-state index in [0.29, 0.717) is 19.3 Å². The fourth-order valence-electron chi connectivity index (χ4n) is 9.43. The smallest absolute Gasteiger partial charge is 0.306 e. The summed E-state index contributed by atoms with van der Waals surface area (Å²) in [4.78, 5) is 38.1. The van der Waals surface area contributed by atoms with Gasteiger partial charge in [-0.15, -0.1) is 0 Å². The molecular formula is C71H124O6. The number of hydrogen-bond donors (Lipinski definition) is 0.